The molecule has 0 aliphatic heterocycles. The Kier molecular flexibility index (Phi) is 4.50. The average molecular weight is 205 g/mol. The summed E-state index contributed by atoms with van der Waals surface area (Å²) >= 11 is 0. The van der Waals surface area contributed by atoms with Crippen molar-refractivity contribution in [3.8, 4) is 0 Å². The number of hydrogen-bond donors (Lipinski definition) is 1. The molecule has 2 nitrogen and oxygen atoms in total. The molecule has 0 heterocycles. The number of nitrogens with one attached hydrogen (secondary N) is 1. The van der Waals surface area contributed by atoms with E-state index in [1.807, 2.05) is 18.2 Å². The number of ketones is 1. The molecule has 0 aliphatic rings. The summed E-state index contributed by atoms with van der Waals surface area (Å²) in [5, 5.41) is 3.41. The van der Waals surface area contributed by atoms with E-state index in [1.54, 1.807) is 6.92 Å². The van der Waals surface area contributed by atoms with Gasteiger partial charge in [0.2, 0.25) is 0 Å². The summed E-state index contributed by atoms with van der Waals surface area (Å²) in [4.78, 5) is 11.2. The van der Waals surface area contributed by atoms with Crippen LogP contribution in [0.4, 0.5) is 0 Å². The molecule has 0 amide bonds. The van der Waals surface area contributed by atoms with Gasteiger partial charge in [0, 0.05) is 18.5 Å². The van der Waals surface area contributed by atoms with Gasteiger partial charge in [0.1, 0.15) is 5.78 Å². The molecular formula is C13H19NO. The normalized spacial score (nSPS) is 12.8. The molecule has 1 atom stereocenters. The third kappa shape index (κ3) is 4.26. The summed E-state index contributed by atoms with van der Waals surface area (Å²) < 4.78 is 0. The van der Waals surface area contributed by atoms with Crippen LogP contribution >= 0.6 is 0 Å². The Labute approximate surface area is 91.7 Å². The van der Waals surface area contributed by atoms with Crippen LogP contribution in [0.3, 0.4) is 0 Å². The quantitative estimate of drug-likeness (QED) is 0.800. The molecule has 0 fully saturated rings. The van der Waals surface area contributed by atoms with Crippen molar-refractivity contribution in [2.45, 2.75) is 39.3 Å². The molecule has 0 bridgehead atoms. The zero-order valence-corrected chi connectivity index (χ0v) is 9.66. The van der Waals surface area contributed by atoms with Crippen LogP contribution in [-0.4, -0.2) is 11.8 Å². The number of carbonyl (C=O) groups excluding carboxylic acids is 1. The summed E-state index contributed by atoms with van der Waals surface area (Å²) in [7, 11) is 0. The first-order valence-corrected chi connectivity index (χ1v) is 5.40. The third-order valence-electron chi connectivity index (χ3n) is 2.23. The van der Waals surface area contributed by atoms with Crippen LogP contribution in [0.15, 0.2) is 30.3 Å². The fourth-order valence-electron chi connectivity index (χ4n) is 1.65. The standard InChI is InChI=1S/C13H19NO/c1-10(2)14-13(9-11(3)15)12-7-5-4-6-8-12/h4-8,10,13-14H,9H2,1-3H3/t13-/m1/s1. The summed E-state index contributed by atoms with van der Waals surface area (Å²) in [6.07, 6.45) is 0.558. The van der Waals surface area contributed by atoms with Crippen molar-refractivity contribution in [2.24, 2.45) is 0 Å². The zero-order valence-electron chi connectivity index (χ0n) is 9.66. The van der Waals surface area contributed by atoms with Crippen molar-refractivity contribution in [3.05, 3.63) is 35.9 Å². The van der Waals surface area contributed by atoms with E-state index in [2.05, 4.69) is 31.3 Å². The maximum Gasteiger partial charge on any atom is 0.131 e. The second-order valence-electron chi connectivity index (χ2n) is 4.19. The Hall–Kier alpha value is -1.15. The van der Waals surface area contributed by atoms with E-state index >= 15 is 0 Å². The maximum atomic E-state index is 11.2. The highest BCUT2D eigenvalue weighted by atomic mass is 16.1. The first-order valence-electron chi connectivity index (χ1n) is 5.40. The highest BCUT2D eigenvalue weighted by Crippen LogP contribution is 2.17. The number of benzene rings is 1. The Bertz CT molecular complexity index is 306. The molecule has 0 aromatic heterocycles. The summed E-state index contributed by atoms with van der Waals surface area (Å²) in [6.45, 7) is 5.82. The second-order valence-corrected chi connectivity index (χ2v) is 4.19. The molecule has 15 heavy (non-hydrogen) atoms. The molecule has 0 saturated carbocycles. The van der Waals surface area contributed by atoms with Crippen LogP contribution in [0.1, 0.15) is 38.8 Å². The molecular weight excluding hydrogens is 186 g/mol. The third-order valence-corrected chi connectivity index (χ3v) is 2.23. The topological polar surface area (TPSA) is 29.1 Å². The largest absolute Gasteiger partial charge is 0.307 e. The van der Waals surface area contributed by atoms with Crippen LogP contribution in [0, 0.1) is 0 Å². The summed E-state index contributed by atoms with van der Waals surface area (Å²) in [6, 6.07) is 10.6. The van der Waals surface area contributed by atoms with Crippen molar-refractivity contribution in [2.75, 3.05) is 0 Å². The van der Waals surface area contributed by atoms with Gasteiger partial charge in [0.25, 0.3) is 0 Å². The predicted molar refractivity (Wildman–Crippen MR) is 62.8 cm³/mol. The fraction of sp³-hybridized carbons (Fsp3) is 0.462. The molecule has 1 N–H and O–H groups in total. The van der Waals surface area contributed by atoms with E-state index in [0.717, 1.165) is 0 Å². The van der Waals surface area contributed by atoms with Crippen molar-refractivity contribution < 1.29 is 4.79 Å². The average Bonchev–Trinajstić information content (AvgIpc) is 2.17. The van der Waals surface area contributed by atoms with E-state index in [9.17, 15) is 4.79 Å². The van der Waals surface area contributed by atoms with Gasteiger partial charge in [0.15, 0.2) is 0 Å². The zero-order chi connectivity index (χ0) is 11.3. The van der Waals surface area contributed by atoms with Gasteiger partial charge in [-0.15, -0.1) is 0 Å². The fourth-order valence-corrected chi connectivity index (χ4v) is 1.65. The van der Waals surface area contributed by atoms with Crippen LogP contribution in [0.2, 0.25) is 0 Å². The predicted octanol–water partition coefficient (Wildman–Crippen LogP) is 2.70. The van der Waals surface area contributed by atoms with E-state index in [1.165, 1.54) is 5.56 Å². The lowest BCUT2D eigenvalue weighted by Crippen LogP contribution is -2.29. The SMILES string of the molecule is CC(=O)C[C@@H](NC(C)C)c1ccccc1. The number of Topliss-reactive ketones (excluding diaryl/α,β-unsaturated/α-hetero) is 1. The monoisotopic (exact) mass is 205 g/mol. The van der Waals surface area contributed by atoms with Gasteiger partial charge in [-0.1, -0.05) is 44.2 Å². The van der Waals surface area contributed by atoms with Crippen LogP contribution in [-0.2, 0) is 4.79 Å². The summed E-state index contributed by atoms with van der Waals surface area (Å²) in [5.41, 5.74) is 1.18. The molecule has 0 unspecified atom stereocenters. The number of carbonyl (C=O) groups is 1. The van der Waals surface area contributed by atoms with Crippen molar-refractivity contribution in [1.29, 1.82) is 0 Å². The molecule has 2 heteroatoms. The Morgan fingerprint density at radius 1 is 1.27 bits per heavy atom. The molecule has 0 aliphatic carbocycles. The van der Waals surface area contributed by atoms with Gasteiger partial charge >= 0.3 is 0 Å². The highest BCUT2D eigenvalue weighted by molar-refractivity contribution is 5.76. The minimum Gasteiger partial charge on any atom is -0.307 e. The molecule has 1 aromatic rings. The van der Waals surface area contributed by atoms with Gasteiger partial charge in [-0.3, -0.25) is 4.79 Å². The highest BCUT2D eigenvalue weighted by Gasteiger charge is 2.13. The molecule has 0 radical (unpaired) electrons. The number of rotatable bonds is 5. The summed E-state index contributed by atoms with van der Waals surface area (Å²) in [5.74, 6) is 0.219. The van der Waals surface area contributed by atoms with Crippen molar-refractivity contribution in [1.82, 2.24) is 5.32 Å². The van der Waals surface area contributed by atoms with Crippen LogP contribution in [0.5, 0.6) is 0 Å². The first kappa shape index (κ1) is 11.9. The lowest BCUT2D eigenvalue weighted by atomic mass is 10.0. The molecule has 1 rings (SSSR count). The van der Waals surface area contributed by atoms with Crippen molar-refractivity contribution >= 4 is 5.78 Å². The van der Waals surface area contributed by atoms with E-state index in [0.29, 0.717) is 12.5 Å². The van der Waals surface area contributed by atoms with Gasteiger partial charge in [-0.05, 0) is 12.5 Å². The van der Waals surface area contributed by atoms with E-state index < -0.39 is 0 Å². The van der Waals surface area contributed by atoms with Crippen LogP contribution in [0.25, 0.3) is 0 Å². The second kappa shape index (κ2) is 5.66. The Balaban J connectivity index is 2.76. The lowest BCUT2D eigenvalue weighted by molar-refractivity contribution is -0.117. The van der Waals surface area contributed by atoms with Gasteiger partial charge in [0.05, 0.1) is 0 Å². The molecule has 82 valence electrons. The molecule has 1 aromatic carbocycles. The van der Waals surface area contributed by atoms with Gasteiger partial charge < -0.3 is 5.32 Å². The molecule has 0 spiro atoms. The van der Waals surface area contributed by atoms with E-state index in [-0.39, 0.29) is 11.8 Å². The Morgan fingerprint density at radius 3 is 2.33 bits per heavy atom. The van der Waals surface area contributed by atoms with Crippen molar-refractivity contribution in [3.63, 3.8) is 0 Å². The minimum absolute atomic E-state index is 0.142. The number of hydrogen-bond acceptors (Lipinski definition) is 2. The minimum atomic E-state index is 0.142. The van der Waals surface area contributed by atoms with E-state index in [4.69, 9.17) is 0 Å². The smallest absolute Gasteiger partial charge is 0.131 e. The first-order chi connectivity index (χ1) is 7.09. The van der Waals surface area contributed by atoms with Crippen LogP contribution < -0.4 is 5.32 Å². The maximum absolute atomic E-state index is 11.2. The Morgan fingerprint density at radius 2 is 1.87 bits per heavy atom. The van der Waals surface area contributed by atoms with Gasteiger partial charge in [-0.2, -0.15) is 0 Å². The van der Waals surface area contributed by atoms with Gasteiger partial charge in [-0.25, -0.2) is 0 Å². The lowest BCUT2D eigenvalue weighted by Gasteiger charge is -2.20. The molecule has 0 saturated heterocycles.